The first-order valence-corrected chi connectivity index (χ1v) is 7.74. The monoisotopic (exact) mass is 298 g/mol. The van der Waals surface area contributed by atoms with E-state index in [0.29, 0.717) is 18.8 Å². The highest BCUT2D eigenvalue weighted by molar-refractivity contribution is 7.13. The van der Waals surface area contributed by atoms with E-state index in [4.69, 9.17) is 9.47 Å². The quantitative estimate of drug-likeness (QED) is 0.818. The Morgan fingerprint density at radius 2 is 2.35 bits per heavy atom. The molecule has 1 saturated carbocycles. The van der Waals surface area contributed by atoms with Crippen molar-refractivity contribution in [2.45, 2.75) is 45.8 Å². The first-order valence-electron chi connectivity index (χ1n) is 6.86. The Balaban J connectivity index is 1.89. The van der Waals surface area contributed by atoms with Gasteiger partial charge in [-0.05, 0) is 13.3 Å². The number of thiazole rings is 1. The average Bonchev–Trinajstić information content (AvgIpc) is 2.81. The third-order valence-corrected chi connectivity index (χ3v) is 4.76. The van der Waals surface area contributed by atoms with E-state index in [1.165, 1.54) is 11.3 Å². The Morgan fingerprint density at radius 3 is 2.95 bits per heavy atom. The molecule has 1 aliphatic carbocycles. The Bertz CT molecular complexity index is 473. The predicted octanol–water partition coefficient (Wildman–Crippen LogP) is 2.47. The van der Waals surface area contributed by atoms with Gasteiger partial charge < -0.3 is 14.8 Å². The summed E-state index contributed by atoms with van der Waals surface area (Å²) in [4.78, 5) is 15.8. The third-order valence-electron chi connectivity index (χ3n) is 3.94. The van der Waals surface area contributed by atoms with Crippen LogP contribution in [0.1, 0.15) is 32.9 Å². The third kappa shape index (κ3) is 3.12. The van der Waals surface area contributed by atoms with E-state index in [0.717, 1.165) is 17.2 Å². The number of carbonyl (C=O) groups is 1. The van der Waals surface area contributed by atoms with Crippen molar-refractivity contribution >= 4 is 22.4 Å². The van der Waals surface area contributed by atoms with Crippen LogP contribution in [0.25, 0.3) is 0 Å². The zero-order valence-corrected chi connectivity index (χ0v) is 13.3. The number of ether oxygens (including phenoxy) is 2. The minimum atomic E-state index is -0.229. The second-order valence-corrected chi connectivity index (χ2v) is 6.46. The van der Waals surface area contributed by atoms with Gasteiger partial charge in [0.05, 0.1) is 24.8 Å². The molecule has 1 N–H and O–H groups in total. The van der Waals surface area contributed by atoms with E-state index in [2.05, 4.69) is 24.1 Å². The zero-order valence-electron chi connectivity index (χ0n) is 12.4. The Morgan fingerprint density at radius 1 is 1.60 bits per heavy atom. The summed E-state index contributed by atoms with van der Waals surface area (Å²) in [6.45, 7) is 6.59. The summed E-state index contributed by atoms with van der Waals surface area (Å²) in [7, 11) is 1.75. The Labute approximate surface area is 123 Å². The van der Waals surface area contributed by atoms with E-state index in [-0.39, 0.29) is 17.8 Å². The zero-order chi connectivity index (χ0) is 14.8. The fourth-order valence-electron chi connectivity index (χ4n) is 2.49. The van der Waals surface area contributed by atoms with E-state index < -0.39 is 0 Å². The van der Waals surface area contributed by atoms with Crippen molar-refractivity contribution in [2.75, 3.05) is 19.0 Å². The van der Waals surface area contributed by atoms with Gasteiger partial charge in [0, 0.05) is 23.9 Å². The van der Waals surface area contributed by atoms with Crippen molar-refractivity contribution in [1.29, 1.82) is 0 Å². The van der Waals surface area contributed by atoms with Crippen molar-refractivity contribution in [3.05, 3.63) is 11.1 Å². The highest BCUT2D eigenvalue weighted by Gasteiger charge is 2.48. The summed E-state index contributed by atoms with van der Waals surface area (Å²) in [5.74, 6) is -0.229. The largest absolute Gasteiger partial charge is 0.466 e. The summed E-state index contributed by atoms with van der Waals surface area (Å²) in [6.07, 6.45) is 1.51. The molecular weight excluding hydrogens is 276 g/mol. The van der Waals surface area contributed by atoms with Crippen molar-refractivity contribution in [1.82, 2.24) is 4.98 Å². The smallest absolute Gasteiger partial charge is 0.311 e. The van der Waals surface area contributed by atoms with Crippen LogP contribution in [0.5, 0.6) is 0 Å². The molecule has 0 spiro atoms. The van der Waals surface area contributed by atoms with Crippen LogP contribution < -0.4 is 5.32 Å². The maximum Gasteiger partial charge on any atom is 0.311 e. The molecule has 6 heteroatoms. The molecule has 2 unspecified atom stereocenters. The molecule has 2 atom stereocenters. The number of nitrogens with zero attached hydrogens (tertiary/aromatic N) is 1. The molecule has 5 nitrogen and oxygen atoms in total. The molecule has 0 aliphatic heterocycles. The number of rotatable bonds is 6. The topological polar surface area (TPSA) is 60.5 Å². The highest BCUT2D eigenvalue weighted by Crippen LogP contribution is 2.44. The van der Waals surface area contributed by atoms with Gasteiger partial charge in [0.1, 0.15) is 0 Å². The van der Waals surface area contributed by atoms with Gasteiger partial charge >= 0.3 is 5.97 Å². The summed E-state index contributed by atoms with van der Waals surface area (Å²) in [6, 6.07) is 0.356. The molecule has 0 saturated heterocycles. The number of hydrogen-bond donors (Lipinski definition) is 1. The normalized spacial score (nSPS) is 24.0. The van der Waals surface area contributed by atoms with Crippen molar-refractivity contribution < 1.29 is 14.3 Å². The lowest BCUT2D eigenvalue weighted by Crippen LogP contribution is -2.57. The molecule has 0 amide bonds. The fourth-order valence-corrected chi connectivity index (χ4v) is 3.26. The van der Waals surface area contributed by atoms with Gasteiger partial charge in [-0.3, -0.25) is 4.79 Å². The second-order valence-electron chi connectivity index (χ2n) is 5.60. The molecule has 1 aromatic heterocycles. The molecular formula is C14H22N2O3S. The van der Waals surface area contributed by atoms with Gasteiger partial charge in [-0.25, -0.2) is 4.98 Å². The summed E-state index contributed by atoms with van der Waals surface area (Å²) in [5, 5.41) is 6.19. The molecule has 2 rings (SSSR count). The molecule has 1 heterocycles. The lowest BCUT2D eigenvalue weighted by atomic mass is 9.64. The van der Waals surface area contributed by atoms with Gasteiger partial charge in [0.15, 0.2) is 5.13 Å². The van der Waals surface area contributed by atoms with Crippen LogP contribution in [0.2, 0.25) is 0 Å². The van der Waals surface area contributed by atoms with Crippen LogP contribution in [-0.2, 0) is 20.7 Å². The lowest BCUT2D eigenvalue weighted by molar-refractivity contribution is -0.142. The van der Waals surface area contributed by atoms with E-state index in [1.54, 1.807) is 14.0 Å². The molecule has 0 radical (unpaired) electrons. The lowest BCUT2D eigenvalue weighted by Gasteiger charge is -2.51. The van der Waals surface area contributed by atoms with Crippen LogP contribution in [0, 0.1) is 5.41 Å². The number of carbonyl (C=O) groups excluding carboxylic acids is 1. The molecule has 1 aliphatic rings. The number of hydrogen-bond acceptors (Lipinski definition) is 6. The molecule has 112 valence electrons. The number of aromatic nitrogens is 1. The molecule has 0 aromatic carbocycles. The minimum absolute atomic E-state index is 0.0989. The summed E-state index contributed by atoms with van der Waals surface area (Å²) in [5.41, 5.74) is 0.859. The van der Waals surface area contributed by atoms with Crippen molar-refractivity contribution in [3.8, 4) is 0 Å². The molecule has 20 heavy (non-hydrogen) atoms. The van der Waals surface area contributed by atoms with Gasteiger partial charge in [-0.1, -0.05) is 13.8 Å². The van der Waals surface area contributed by atoms with Crippen LogP contribution in [0.3, 0.4) is 0 Å². The average molecular weight is 298 g/mol. The van der Waals surface area contributed by atoms with Gasteiger partial charge in [0.2, 0.25) is 0 Å². The van der Waals surface area contributed by atoms with Gasteiger partial charge in [0.25, 0.3) is 0 Å². The SMILES string of the molecule is CCOC(=O)Cc1csc(NC2CC(OC)C2(C)C)n1. The fraction of sp³-hybridized carbons (Fsp3) is 0.714. The standard InChI is InChI=1S/C14H22N2O3S/c1-5-19-12(17)6-9-8-20-13(15-9)16-10-7-11(18-4)14(10,2)3/h8,10-11H,5-7H2,1-4H3,(H,15,16). The van der Waals surface area contributed by atoms with Crippen LogP contribution >= 0.6 is 11.3 Å². The molecule has 0 bridgehead atoms. The van der Waals surface area contributed by atoms with Crippen LogP contribution in [0.4, 0.5) is 5.13 Å². The van der Waals surface area contributed by atoms with Crippen molar-refractivity contribution in [3.63, 3.8) is 0 Å². The maximum absolute atomic E-state index is 11.4. The van der Waals surface area contributed by atoms with Crippen molar-refractivity contribution in [2.24, 2.45) is 5.41 Å². The first-order chi connectivity index (χ1) is 9.47. The first kappa shape index (κ1) is 15.3. The molecule has 1 aromatic rings. The van der Waals surface area contributed by atoms with Gasteiger partial charge in [-0.2, -0.15) is 0 Å². The summed E-state index contributed by atoms with van der Waals surface area (Å²) < 4.78 is 10.4. The maximum atomic E-state index is 11.4. The van der Waals surface area contributed by atoms with Crippen LogP contribution in [0.15, 0.2) is 5.38 Å². The summed E-state index contributed by atoms with van der Waals surface area (Å²) >= 11 is 1.53. The van der Waals surface area contributed by atoms with E-state index in [9.17, 15) is 4.79 Å². The second kappa shape index (κ2) is 6.10. The number of nitrogens with one attached hydrogen (secondary N) is 1. The van der Waals surface area contributed by atoms with Crippen LogP contribution in [-0.4, -0.2) is 36.8 Å². The van der Waals surface area contributed by atoms with E-state index >= 15 is 0 Å². The molecule has 1 fully saturated rings. The minimum Gasteiger partial charge on any atom is -0.466 e. The van der Waals surface area contributed by atoms with E-state index in [1.807, 2.05) is 5.38 Å². The van der Waals surface area contributed by atoms with Gasteiger partial charge in [-0.15, -0.1) is 11.3 Å². The number of methoxy groups -OCH3 is 1. The Kier molecular flexibility index (Phi) is 4.65. The number of anilines is 1. The number of esters is 1. The predicted molar refractivity (Wildman–Crippen MR) is 79.1 cm³/mol. The Hall–Kier alpha value is -1.14. The highest BCUT2D eigenvalue weighted by atomic mass is 32.1.